The largest absolute Gasteiger partial charge is 0.481 e. The van der Waals surface area contributed by atoms with Crippen molar-refractivity contribution >= 4 is 5.91 Å². The molecular weight excluding hydrogens is 326 g/mol. The normalized spacial score (nSPS) is 19.3. The molecule has 2 aliphatic rings. The van der Waals surface area contributed by atoms with Gasteiger partial charge in [-0.25, -0.2) is 4.98 Å². The number of imidazole rings is 1. The molecule has 0 N–H and O–H groups in total. The zero-order chi connectivity index (χ0) is 17.9. The third-order valence-electron chi connectivity index (χ3n) is 5.48. The number of rotatable bonds is 6. The van der Waals surface area contributed by atoms with Gasteiger partial charge in [-0.2, -0.15) is 0 Å². The standard InChI is InChI=1S/C21H27N3O2/c1-16(26-19-5-3-2-4-6-19)21(25)23-12-9-18(10-13-23)20-22-11-14-24(20)15-17-7-8-17/h2-6,11,14,16-18H,7-10,12-13,15H2,1H3/t16-/m1/s1. The quantitative estimate of drug-likeness (QED) is 0.799. The number of benzene rings is 1. The molecule has 1 aromatic carbocycles. The topological polar surface area (TPSA) is 47.4 Å². The molecule has 0 unspecified atom stereocenters. The third-order valence-corrected chi connectivity index (χ3v) is 5.48. The van der Waals surface area contributed by atoms with Gasteiger partial charge in [-0.1, -0.05) is 18.2 Å². The molecule has 2 aromatic rings. The van der Waals surface area contributed by atoms with E-state index in [9.17, 15) is 4.79 Å². The Hall–Kier alpha value is -2.30. The number of para-hydroxylation sites is 1. The predicted octanol–water partition coefficient (Wildman–Crippen LogP) is 3.47. The first-order valence-corrected chi connectivity index (χ1v) is 9.72. The van der Waals surface area contributed by atoms with Crippen LogP contribution in [0.5, 0.6) is 5.75 Å². The molecule has 1 saturated heterocycles. The molecule has 1 saturated carbocycles. The lowest BCUT2D eigenvalue weighted by atomic mass is 9.95. The number of carbonyl (C=O) groups is 1. The fourth-order valence-corrected chi connectivity index (χ4v) is 3.78. The summed E-state index contributed by atoms with van der Waals surface area (Å²) in [5.41, 5.74) is 0. The maximum absolute atomic E-state index is 12.7. The summed E-state index contributed by atoms with van der Waals surface area (Å²) in [4.78, 5) is 19.3. The molecule has 2 fully saturated rings. The van der Waals surface area contributed by atoms with Crippen molar-refractivity contribution in [2.24, 2.45) is 5.92 Å². The number of hydrogen-bond donors (Lipinski definition) is 0. The second-order valence-electron chi connectivity index (χ2n) is 7.55. The van der Waals surface area contributed by atoms with Gasteiger partial charge in [-0.15, -0.1) is 0 Å². The van der Waals surface area contributed by atoms with Crippen LogP contribution in [0.3, 0.4) is 0 Å². The Kier molecular flexibility index (Phi) is 4.96. The second-order valence-corrected chi connectivity index (χ2v) is 7.55. The van der Waals surface area contributed by atoms with Crippen molar-refractivity contribution < 1.29 is 9.53 Å². The molecule has 5 nitrogen and oxygen atoms in total. The Morgan fingerprint density at radius 1 is 1.19 bits per heavy atom. The van der Waals surface area contributed by atoms with E-state index < -0.39 is 6.10 Å². The maximum atomic E-state index is 12.7. The van der Waals surface area contributed by atoms with Gasteiger partial charge in [0.2, 0.25) is 0 Å². The van der Waals surface area contributed by atoms with Crippen LogP contribution in [0.2, 0.25) is 0 Å². The summed E-state index contributed by atoms with van der Waals surface area (Å²) >= 11 is 0. The van der Waals surface area contributed by atoms with Crippen LogP contribution in [0.1, 0.15) is 44.3 Å². The summed E-state index contributed by atoms with van der Waals surface area (Å²) in [6, 6.07) is 9.55. The van der Waals surface area contributed by atoms with E-state index in [1.165, 1.54) is 18.7 Å². The second kappa shape index (κ2) is 7.52. The van der Waals surface area contributed by atoms with E-state index in [-0.39, 0.29) is 5.91 Å². The smallest absolute Gasteiger partial charge is 0.263 e. The summed E-state index contributed by atoms with van der Waals surface area (Å²) in [6.07, 6.45) is 8.24. The minimum atomic E-state index is -0.453. The number of aromatic nitrogens is 2. The van der Waals surface area contributed by atoms with Gasteiger partial charge >= 0.3 is 0 Å². The molecule has 26 heavy (non-hydrogen) atoms. The highest BCUT2D eigenvalue weighted by Gasteiger charge is 2.30. The molecule has 1 amide bonds. The van der Waals surface area contributed by atoms with Crippen LogP contribution in [0.4, 0.5) is 0 Å². The highest BCUT2D eigenvalue weighted by atomic mass is 16.5. The molecule has 0 spiro atoms. The average Bonchev–Trinajstić information content (AvgIpc) is 3.37. The van der Waals surface area contributed by atoms with Crippen molar-refractivity contribution in [1.29, 1.82) is 0 Å². The molecule has 2 heterocycles. The minimum absolute atomic E-state index is 0.0774. The van der Waals surface area contributed by atoms with E-state index in [2.05, 4.69) is 15.7 Å². The average molecular weight is 353 g/mol. The zero-order valence-corrected chi connectivity index (χ0v) is 15.4. The monoisotopic (exact) mass is 353 g/mol. The van der Waals surface area contributed by atoms with Crippen LogP contribution in [-0.2, 0) is 11.3 Å². The molecular formula is C21H27N3O2. The highest BCUT2D eigenvalue weighted by molar-refractivity contribution is 5.81. The van der Waals surface area contributed by atoms with Crippen molar-refractivity contribution in [1.82, 2.24) is 14.5 Å². The summed E-state index contributed by atoms with van der Waals surface area (Å²) < 4.78 is 8.12. The van der Waals surface area contributed by atoms with E-state index in [1.807, 2.05) is 48.4 Å². The van der Waals surface area contributed by atoms with Crippen LogP contribution < -0.4 is 4.74 Å². The van der Waals surface area contributed by atoms with Crippen molar-refractivity contribution in [2.75, 3.05) is 13.1 Å². The van der Waals surface area contributed by atoms with Crippen LogP contribution in [0, 0.1) is 5.92 Å². The number of hydrogen-bond acceptors (Lipinski definition) is 3. The molecule has 1 atom stereocenters. The van der Waals surface area contributed by atoms with Gasteiger partial charge < -0.3 is 14.2 Å². The number of amides is 1. The summed E-state index contributed by atoms with van der Waals surface area (Å²) in [5, 5.41) is 0. The molecule has 5 heteroatoms. The van der Waals surface area contributed by atoms with Gasteiger partial charge in [-0.05, 0) is 50.7 Å². The fraction of sp³-hybridized carbons (Fsp3) is 0.524. The zero-order valence-electron chi connectivity index (χ0n) is 15.4. The van der Waals surface area contributed by atoms with Gasteiger partial charge in [0, 0.05) is 37.9 Å². The molecule has 1 aliphatic carbocycles. The van der Waals surface area contributed by atoms with Crippen molar-refractivity contribution in [3.05, 3.63) is 48.5 Å². The minimum Gasteiger partial charge on any atom is -0.481 e. The molecule has 1 aliphatic heterocycles. The number of nitrogens with zero attached hydrogens (tertiary/aromatic N) is 3. The summed E-state index contributed by atoms with van der Waals surface area (Å²) in [5.74, 6) is 3.33. The Labute approximate surface area is 155 Å². The summed E-state index contributed by atoms with van der Waals surface area (Å²) in [6.45, 7) is 4.50. The van der Waals surface area contributed by atoms with E-state index in [0.717, 1.165) is 44.1 Å². The van der Waals surface area contributed by atoms with Crippen LogP contribution in [-0.4, -0.2) is 39.6 Å². The first kappa shape index (κ1) is 17.1. The summed E-state index contributed by atoms with van der Waals surface area (Å²) in [7, 11) is 0. The Bertz CT molecular complexity index is 731. The van der Waals surface area contributed by atoms with E-state index >= 15 is 0 Å². The van der Waals surface area contributed by atoms with Gasteiger partial charge in [0.05, 0.1) is 0 Å². The molecule has 1 aromatic heterocycles. The number of piperidine rings is 1. The lowest BCUT2D eigenvalue weighted by molar-refractivity contribution is -0.139. The predicted molar refractivity (Wildman–Crippen MR) is 100 cm³/mol. The Balaban J connectivity index is 1.31. The van der Waals surface area contributed by atoms with E-state index in [4.69, 9.17) is 4.74 Å². The number of carbonyl (C=O) groups excluding carboxylic acids is 1. The van der Waals surface area contributed by atoms with Crippen molar-refractivity contribution in [2.45, 2.75) is 51.2 Å². The maximum Gasteiger partial charge on any atom is 0.263 e. The van der Waals surface area contributed by atoms with Crippen LogP contribution in [0.15, 0.2) is 42.7 Å². The lowest BCUT2D eigenvalue weighted by Crippen LogP contribution is -2.44. The highest BCUT2D eigenvalue weighted by Crippen LogP contribution is 2.33. The number of ether oxygens (including phenoxy) is 1. The van der Waals surface area contributed by atoms with Gasteiger partial charge in [0.25, 0.3) is 5.91 Å². The SMILES string of the molecule is C[C@@H](Oc1ccccc1)C(=O)N1CCC(c2nccn2CC2CC2)CC1. The van der Waals surface area contributed by atoms with Crippen LogP contribution >= 0.6 is 0 Å². The van der Waals surface area contributed by atoms with Gasteiger partial charge in [-0.3, -0.25) is 4.79 Å². The molecule has 0 bridgehead atoms. The first-order valence-electron chi connectivity index (χ1n) is 9.72. The molecule has 4 rings (SSSR count). The lowest BCUT2D eigenvalue weighted by Gasteiger charge is -2.33. The molecule has 0 radical (unpaired) electrons. The van der Waals surface area contributed by atoms with Gasteiger partial charge in [0.15, 0.2) is 6.10 Å². The number of likely N-dealkylation sites (tertiary alicyclic amines) is 1. The van der Waals surface area contributed by atoms with Gasteiger partial charge in [0.1, 0.15) is 11.6 Å². The third kappa shape index (κ3) is 3.92. The fourth-order valence-electron chi connectivity index (χ4n) is 3.78. The van der Waals surface area contributed by atoms with E-state index in [0.29, 0.717) is 5.92 Å². The Morgan fingerprint density at radius 3 is 2.62 bits per heavy atom. The first-order chi connectivity index (χ1) is 12.7. The Morgan fingerprint density at radius 2 is 1.92 bits per heavy atom. The van der Waals surface area contributed by atoms with Crippen molar-refractivity contribution in [3.8, 4) is 5.75 Å². The van der Waals surface area contributed by atoms with E-state index in [1.54, 1.807) is 0 Å². The van der Waals surface area contributed by atoms with Crippen LogP contribution in [0.25, 0.3) is 0 Å². The van der Waals surface area contributed by atoms with Crippen molar-refractivity contribution in [3.63, 3.8) is 0 Å². The molecule has 138 valence electrons.